The number of hydrogen-bond donors (Lipinski definition) is 2. The molecule has 0 heterocycles. The molecule has 2 N–H and O–H groups in total. The van der Waals surface area contributed by atoms with Crippen molar-refractivity contribution in [1.29, 1.82) is 0 Å². The van der Waals surface area contributed by atoms with E-state index in [0.29, 0.717) is 21.3 Å². The smallest absolute Gasteiger partial charge is 0.261 e. The number of nitrogens with one attached hydrogen (secondary N) is 2. The third-order valence-corrected chi connectivity index (χ3v) is 5.82. The number of rotatable bonds is 5. The molecule has 0 radical (unpaired) electrons. The molecule has 28 heavy (non-hydrogen) atoms. The van der Waals surface area contributed by atoms with Gasteiger partial charge in [0.25, 0.3) is 15.9 Å². The molecule has 0 spiro atoms. The molecule has 0 saturated carbocycles. The van der Waals surface area contributed by atoms with E-state index in [4.69, 9.17) is 23.2 Å². The quantitative estimate of drug-likeness (QED) is 0.567. The molecule has 0 bridgehead atoms. The van der Waals surface area contributed by atoms with Gasteiger partial charge in [-0.05, 0) is 73.2 Å². The first-order valence-corrected chi connectivity index (χ1v) is 10.4. The third kappa shape index (κ3) is 4.84. The van der Waals surface area contributed by atoms with Crippen LogP contribution in [-0.4, -0.2) is 14.3 Å². The number of amides is 1. The van der Waals surface area contributed by atoms with Gasteiger partial charge in [0.05, 0.1) is 4.90 Å². The van der Waals surface area contributed by atoms with Crippen LogP contribution >= 0.6 is 23.2 Å². The summed E-state index contributed by atoms with van der Waals surface area (Å²) < 4.78 is 27.5. The minimum absolute atomic E-state index is 0.0727. The molecule has 3 rings (SSSR count). The summed E-state index contributed by atoms with van der Waals surface area (Å²) >= 11 is 11.7. The number of halogens is 2. The lowest BCUT2D eigenvalue weighted by molar-refractivity contribution is 0.102. The molecule has 0 aliphatic carbocycles. The summed E-state index contributed by atoms with van der Waals surface area (Å²) in [6, 6.07) is 17.2. The van der Waals surface area contributed by atoms with Gasteiger partial charge < -0.3 is 5.32 Å². The molecule has 3 aromatic rings. The van der Waals surface area contributed by atoms with Crippen molar-refractivity contribution in [1.82, 2.24) is 0 Å². The predicted octanol–water partition coefficient (Wildman–Crippen LogP) is 5.35. The minimum Gasteiger partial charge on any atom is -0.322 e. The Kier molecular flexibility index (Phi) is 5.93. The minimum atomic E-state index is -3.80. The lowest BCUT2D eigenvalue weighted by Gasteiger charge is -2.11. The van der Waals surface area contributed by atoms with Crippen molar-refractivity contribution in [2.75, 3.05) is 10.0 Å². The van der Waals surface area contributed by atoms with Gasteiger partial charge in [0, 0.05) is 27.0 Å². The van der Waals surface area contributed by atoms with Crippen LogP contribution in [0.4, 0.5) is 11.4 Å². The number of hydrogen-bond acceptors (Lipinski definition) is 3. The van der Waals surface area contributed by atoms with Crippen LogP contribution in [0.15, 0.2) is 71.6 Å². The van der Waals surface area contributed by atoms with E-state index in [-0.39, 0.29) is 16.5 Å². The Labute approximate surface area is 173 Å². The number of carbonyl (C=O) groups excluding carboxylic acids is 1. The number of sulfonamides is 1. The molecule has 0 saturated heterocycles. The fraction of sp³-hybridized carbons (Fsp3) is 0.0500. The van der Waals surface area contributed by atoms with Gasteiger partial charge in [0.2, 0.25) is 0 Å². The maximum absolute atomic E-state index is 12.5. The first-order valence-electron chi connectivity index (χ1n) is 8.20. The van der Waals surface area contributed by atoms with Gasteiger partial charge in [-0.25, -0.2) is 8.42 Å². The molecule has 1 amide bonds. The van der Waals surface area contributed by atoms with Crippen LogP contribution in [0, 0.1) is 6.92 Å². The second kappa shape index (κ2) is 8.22. The molecule has 0 fully saturated rings. The Morgan fingerprint density at radius 1 is 0.893 bits per heavy atom. The van der Waals surface area contributed by atoms with E-state index >= 15 is 0 Å². The topological polar surface area (TPSA) is 75.3 Å². The lowest BCUT2D eigenvalue weighted by Crippen LogP contribution is -2.15. The zero-order chi connectivity index (χ0) is 20.3. The van der Waals surface area contributed by atoms with Crippen LogP contribution in [0.2, 0.25) is 10.0 Å². The molecule has 0 atom stereocenters. The van der Waals surface area contributed by atoms with Crippen LogP contribution in [0.5, 0.6) is 0 Å². The summed E-state index contributed by atoms with van der Waals surface area (Å²) in [5, 5.41) is 3.81. The zero-order valence-corrected chi connectivity index (χ0v) is 17.1. The highest BCUT2D eigenvalue weighted by molar-refractivity contribution is 7.92. The fourth-order valence-electron chi connectivity index (χ4n) is 2.51. The Balaban J connectivity index is 1.79. The Morgan fingerprint density at radius 2 is 1.57 bits per heavy atom. The van der Waals surface area contributed by atoms with E-state index in [2.05, 4.69) is 10.0 Å². The molecule has 144 valence electrons. The summed E-state index contributed by atoms with van der Waals surface area (Å²) in [4.78, 5) is 12.6. The largest absolute Gasteiger partial charge is 0.322 e. The van der Waals surface area contributed by atoms with E-state index < -0.39 is 10.0 Å². The number of aryl methyl sites for hydroxylation is 1. The standard InChI is InChI=1S/C20H16Cl2N2O3S/c1-13-11-16(22)7-10-19(13)23-20(25)14-3-2-4-17(12-14)24-28(26,27)18-8-5-15(21)6-9-18/h2-12,24H,1H3,(H,23,25). The Bertz CT molecular complexity index is 1130. The van der Waals surface area contributed by atoms with Crippen molar-refractivity contribution in [2.45, 2.75) is 11.8 Å². The normalized spacial score (nSPS) is 11.1. The highest BCUT2D eigenvalue weighted by Gasteiger charge is 2.15. The first-order chi connectivity index (χ1) is 13.2. The molecule has 3 aromatic carbocycles. The second-order valence-corrected chi connectivity index (χ2v) is 8.61. The van der Waals surface area contributed by atoms with Crippen molar-refractivity contribution >= 4 is 50.5 Å². The summed E-state index contributed by atoms with van der Waals surface area (Å²) in [7, 11) is -3.80. The lowest BCUT2D eigenvalue weighted by atomic mass is 10.1. The van der Waals surface area contributed by atoms with Crippen molar-refractivity contribution in [3.05, 3.63) is 87.9 Å². The summed E-state index contributed by atoms with van der Waals surface area (Å²) in [6.07, 6.45) is 0. The van der Waals surface area contributed by atoms with Crippen LogP contribution in [0.3, 0.4) is 0 Å². The van der Waals surface area contributed by atoms with Gasteiger partial charge in [-0.3, -0.25) is 9.52 Å². The summed E-state index contributed by atoms with van der Waals surface area (Å²) in [6.45, 7) is 1.83. The van der Waals surface area contributed by atoms with E-state index in [9.17, 15) is 13.2 Å². The molecular weight excluding hydrogens is 419 g/mol. The molecular formula is C20H16Cl2N2O3S. The van der Waals surface area contributed by atoms with Crippen LogP contribution < -0.4 is 10.0 Å². The van der Waals surface area contributed by atoms with E-state index in [1.165, 1.54) is 30.3 Å². The SMILES string of the molecule is Cc1cc(Cl)ccc1NC(=O)c1cccc(NS(=O)(=O)c2ccc(Cl)cc2)c1. The summed E-state index contributed by atoms with van der Waals surface area (Å²) in [5.74, 6) is -0.363. The van der Waals surface area contributed by atoms with Gasteiger partial charge >= 0.3 is 0 Å². The van der Waals surface area contributed by atoms with Gasteiger partial charge in [-0.15, -0.1) is 0 Å². The predicted molar refractivity (Wildman–Crippen MR) is 113 cm³/mol. The van der Waals surface area contributed by atoms with Crippen molar-refractivity contribution in [3.8, 4) is 0 Å². The van der Waals surface area contributed by atoms with E-state index in [0.717, 1.165) is 5.56 Å². The van der Waals surface area contributed by atoms with Gasteiger partial charge in [-0.1, -0.05) is 29.3 Å². The Hall–Kier alpha value is -2.54. The zero-order valence-electron chi connectivity index (χ0n) is 14.7. The third-order valence-electron chi connectivity index (χ3n) is 3.94. The second-order valence-electron chi connectivity index (χ2n) is 6.05. The fourth-order valence-corrected chi connectivity index (χ4v) is 3.92. The van der Waals surface area contributed by atoms with Crippen molar-refractivity contribution in [3.63, 3.8) is 0 Å². The average Bonchev–Trinajstić information content (AvgIpc) is 2.64. The molecule has 0 aliphatic heterocycles. The van der Waals surface area contributed by atoms with Gasteiger partial charge in [0.1, 0.15) is 0 Å². The number of anilines is 2. The highest BCUT2D eigenvalue weighted by atomic mass is 35.5. The molecule has 0 aromatic heterocycles. The molecule has 5 nitrogen and oxygen atoms in total. The molecule has 0 unspecified atom stereocenters. The molecule has 0 aliphatic rings. The monoisotopic (exact) mass is 434 g/mol. The van der Waals surface area contributed by atoms with Crippen LogP contribution in [0.25, 0.3) is 0 Å². The highest BCUT2D eigenvalue weighted by Crippen LogP contribution is 2.22. The Morgan fingerprint density at radius 3 is 2.25 bits per heavy atom. The first kappa shape index (κ1) is 20.2. The van der Waals surface area contributed by atoms with Crippen LogP contribution in [0.1, 0.15) is 15.9 Å². The van der Waals surface area contributed by atoms with E-state index in [1.54, 1.807) is 36.4 Å². The van der Waals surface area contributed by atoms with Gasteiger partial charge in [-0.2, -0.15) is 0 Å². The van der Waals surface area contributed by atoms with Gasteiger partial charge in [0.15, 0.2) is 0 Å². The summed E-state index contributed by atoms with van der Waals surface area (Å²) in [5.41, 5.74) is 2.03. The van der Waals surface area contributed by atoms with Crippen LogP contribution in [-0.2, 0) is 10.0 Å². The van der Waals surface area contributed by atoms with E-state index in [1.807, 2.05) is 6.92 Å². The van der Waals surface area contributed by atoms with Crippen molar-refractivity contribution in [2.24, 2.45) is 0 Å². The number of benzene rings is 3. The maximum atomic E-state index is 12.5. The van der Waals surface area contributed by atoms with Crippen molar-refractivity contribution < 1.29 is 13.2 Å². The average molecular weight is 435 g/mol. The molecule has 8 heteroatoms. The maximum Gasteiger partial charge on any atom is 0.261 e. The number of carbonyl (C=O) groups is 1.